The van der Waals surface area contributed by atoms with Crippen molar-refractivity contribution in [3.05, 3.63) is 40.8 Å². The third kappa shape index (κ3) is 2.90. The molecule has 0 radical (unpaired) electrons. The molecular weight excluding hydrogens is 319 g/mol. The van der Waals surface area contributed by atoms with Gasteiger partial charge in [0.2, 0.25) is 0 Å². The molecule has 3 N–H and O–H groups in total. The van der Waals surface area contributed by atoms with Crippen LogP contribution >= 0.6 is 0 Å². The summed E-state index contributed by atoms with van der Waals surface area (Å²) in [7, 11) is 0. The lowest BCUT2D eigenvalue weighted by atomic mass is 9.87. The van der Waals surface area contributed by atoms with Gasteiger partial charge in [0.1, 0.15) is 18.2 Å². The molecule has 132 valence electrons. The number of rotatable bonds is 3. The van der Waals surface area contributed by atoms with E-state index in [1.54, 1.807) is 10.7 Å². The number of nitrogens with one attached hydrogen (secondary N) is 1. The number of nitrogens with two attached hydrogens (primary N) is 1. The fraction of sp³-hybridized carbons (Fsp3) is 0.474. The predicted octanol–water partition coefficient (Wildman–Crippen LogP) is 2.90. The van der Waals surface area contributed by atoms with Gasteiger partial charge in [-0.05, 0) is 55.4 Å². The molecule has 2 atom stereocenters. The minimum atomic E-state index is -0.316. The SMILES string of the molecule is CC1CCc2nn(CC(=O)C3CCNc4ccc(F)cc43)c(N)c2C1. The molecule has 0 spiro atoms. The van der Waals surface area contributed by atoms with Crippen LogP contribution in [0.4, 0.5) is 15.9 Å². The van der Waals surface area contributed by atoms with E-state index < -0.39 is 0 Å². The molecule has 2 aliphatic rings. The predicted molar refractivity (Wildman–Crippen MR) is 95.1 cm³/mol. The number of hydrogen-bond acceptors (Lipinski definition) is 4. The molecule has 1 aromatic carbocycles. The Morgan fingerprint density at radius 1 is 1.44 bits per heavy atom. The highest BCUT2D eigenvalue weighted by Gasteiger charge is 2.29. The van der Waals surface area contributed by atoms with Crippen molar-refractivity contribution >= 4 is 17.3 Å². The monoisotopic (exact) mass is 342 g/mol. The molecule has 4 rings (SSSR count). The fourth-order valence-corrected chi connectivity index (χ4v) is 4.02. The van der Waals surface area contributed by atoms with Gasteiger partial charge in [-0.25, -0.2) is 9.07 Å². The van der Waals surface area contributed by atoms with E-state index in [1.807, 2.05) is 0 Å². The van der Waals surface area contributed by atoms with Crippen LogP contribution in [-0.2, 0) is 24.2 Å². The summed E-state index contributed by atoms with van der Waals surface area (Å²) in [5.74, 6) is 0.619. The molecule has 1 aliphatic heterocycles. The van der Waals surface area contributed by atoms with E-state index in [9.17, 15) is 9.18 Å². The van der Waals surface area contributed by atoms with Gasteiger partial charge in [-0.15, -0.1) is 0 Å². The maximum Gasteiger partial charge on any atom is 0.161 e. The summed E-state index contributed by atoms with van der Waals surface area (Å²) in [5, 5.41) is 7.80. The number of hydrogen-bond donors (Lipinski definition) is 2. The highest BCUT2D eigenvalue weighted by Crippen LogP contribution is 2.34. The first-order chi connectivity index (χ1) is 12.0. The molecule has 1 aromatic heterocycles. The van der Waals surface area contributed by atoms with Gasteiger partial charge in [-0.2, -0.15) is 5.10 Å². The first kappa shape index (κ1) is 16.1. The molecule has 0 bridgehead atoms. The number of aromatic nitrogens is 2. The molecule has 5 nitrogen and oxygen atoms in total. The molecule has 2 heterocycles. The third-order valence-electron chi connectivity index (χ3n) is 5.44. The molecule has 2 aromatic rings. The Hall–Kier alpha value is -2.37. The second-order valence-corrected chi connectivity index (χ2v) is 7.28. The highest BCUT2D eigenvalue weighted by molar-refractivity contribution is 5.88. The molecule has 0 fully saturated rings. The van der Waals surface area contributed by atoms with Crippen LogP contribution < -0.4 is 11.1 Å². The van der Waals surface area contributed by atoms with Crippen molar-refractivity contribution in [1.29, 1.82) is 0 Å². The summed E-state index contributed by atoms with van der Waals surface area (Å²) in [6, 6.07) is 4.58. The Bertz CT molecular complexity index is 829. The van der Waals surface area contributed by atoms with Crippen molar-refractivity contribution in [1.82, 2.24) is 9.78 Å². The molecule has 0 amide bonds. The van der Waals surface area contributed by atoms with Crippen LogP contribution in [0.3, 0.4) is 0 Å². The number of carbonyl (C=O) groups is 1. The quantitative estimate of drug-likeness (QED) is 0.899. The van der Waals surface area contributed by atoms with E-state index >= 15 is 0 Å². The zero-order valence-electron chi connectivity index (χ0n) is 14.4. The summed E-state index contributed by atoms with van der Waals surface area (Å²) in [6.45, 7) is 3.07. The third-order valence-corrected chi connectivity index (χ3v) is 5.44. The van der Waals surface area contributed by atoms with Gasteiger partial charge < -0.3 is 11.1 Å². The lowest BCUT2D eigenvalue weighted by molar-refractivity contribution is -0.121. The number of carbonyl (C=O) groups excluding carboxylic acids is 1. The number of Topliss-reactive ketones (excluding diaryl/α,β-unsaturated/α-hetero) is 1. The topological polar surface area (TPSA) is 72.9 Å². The van der Waals surface area contributed by atoms with E-state index in [2.05, 4.69) is 17.3 Å². The Labute approximate surface area is 146 Å². The molecule has 1 aliphatic carbocycles. The van der Waals surface area contributed by atoms with Crippen molar-refractivity contribution in [3.8, 4) is 0 Å². The van der Waals surface area contributed by atoms with Gasteiger partial charge >= 0.3 is 0 Å². The van der Waals surface area contributed by atoms with Gasteiger partial charge in [0.05, 0.1) is 5.69 Å². The molecule has 0 saturated heterocycles. The van der Waals surface area contributed by atoms with Crippen molar-refractivity contribution in [2.24, 2.45) is 5.92 Å². The fourth-order valence-electron chi connectivity index (χ4n) is 4.02. The van der Waals surface area contributed by atoms with E-state index in [0.717, 1.165) is 41.8 Å². The number of fused-ring (bicyclic) bond motifs is 2. The minimum absolute atomic E-state index is 0.0351. The summed E-state index contributed by atoms with van der Waals surface area (Å²) in [5.41, 5.74) is 9.96. The first-order valence-corrected chi connectivity index (χ1v) is 8.93. The Morgan fingerprint density at radius 3 is 3.12 bits per heavy atom. The number of anilines is 2. The van der Waals surface area contributed by atoms with Crippen LogP contribution in [0.25, 0.3) is 0 Å². The minimum Gasteiger partial charge on any atom is -0.385 e. The van der Waals surface area contributed by atoms with Gasteiger partial charge in [0.25, 0.3) is 0 Å². The maximum atomic E-state index is 13.6. The van der Waals surface area contributed by atoms with Crippen molar-refractivity contribution in [3.63, 3.8) is 0 Å². The Kier molecular flexibility index (Phi) is 3.98. The molecule has 2 unspecified atom stereocenters. The van der Waals surface area contributed by atoms with Crippen LogP contribution in [-0.4, -0.2) is 22.1 Å². The first-order valence-electron chi connectivity index (χ1n) is 8.93. The lowest BCUT2D eigenvalue weighted by Crippen LogP contribution is -2.26. The van der Waals surface area contributed by atoms with Crippen LogP contribution in [0.15, 0.2) is 18.2 Å². The summed E-state index contributed by atoms with van der Waals surface area (Å²) in [6.07, 6.45) is 3.62. The molecule has 6 heteroatoms. The zero-order chi connectivity index (χ0) is 17.6. The lowest BCUT2D eigenvalue weighted by Gasteiger charge is -2.26. The number of ketones is 1. The second-order valence-electron chi connectivity index (χ2n) is 7.28. The van der Waals surface area contributed by atoms with Crippen molar-refractivity contribution in [2.45, 2.75) is 45.1 Å². The number of benzene rings is 1. The van der Waals surface area contributed by atoms with Crippen LogP contribution in [0.1, 0.15) is 42.5 Å². The van der Waals surface area contributed by atoms with Gasteiger partial charge in [-0.3, -0.25) is 4.79 Å². The van der Waals surface area contributed by atoms with Gasteiger partial charge in [-0.1, -0.05) is 6.92 Å². The van der Waals surface area contributed by atoms with Crippen LogP contribution in [0.5, 0.6) is 0 Å². The van der Waals surface area contributed by atoms with Crippen molar-refractivity contribution < 1.29 is 9.18 Å². The Balaban J connectivity index is 1.59. The molecule has 0 saturated carbocycles. The molecule has 25 heavy (non-hydrogen) atoms. The van der Waals surface area contributed by atoms with E-state index in [4.69, 9.17) is 5.73 Å². The van der Waals surface area contributed by atoms with Crippen LogP contribution in [0.2, 0.25) is 0 Å². The number of halogens is 1. The largest absolute Gasteiger partial charge is 0.385 e. The Morgan fingerprint density at radius 2 is 2.28 bits per heavy atom. The van der Waals surface area contributed by atoms with E-state index in [-0.39, 0.29) is 24.1 Å². The number of nitrogens with zero attached hydrogens (tertiary/aromatic N) is 2. The summed E-state index contributed by atoms with van der Waals surface area (Å²) < 4.78 is 15.3. The van der Waals surface area contributed by atoms with Crippen molar-refractivity contribution in [2.75, 3.05) is 17.6 Å². The smallest absolute Gasteiger partial charge is 0.161 e. The highest BCUT2D eigenvalue weighted by atomic mass is 19.1. The average Bonchev–Trinajstić information content (AvgIpc) is 2.90. The zero-order valence-corrected chi connectivity index (χ0v) is 14.4. The van der Waals surface area contributed by atoms with Gasteiger partial charge in [0.15, 0.2) is 5.78 Å². The second kappa shape index (κ2) is 6.17. The summed E-state index contributed by atoms with van der Waals surface area (Å²) >= 11 is 0. The normalized spacial score (nSPS) is 22.0. The molecular formula is C19H23FN4O. The number of aryl methyl sites for hydroxylation is 1. The summed E-state index contributed by atoms with van der Waals surface area (Å²) in [4.78, 5) is 12.9. The standard InChI is InChI=1S/C19H23FN4O/c1-11-2-4-17-15(8-11)19(21)24(23-17)10-18(25)13-6-7-22-16-5-3-12(20)9-14(13)16/h3,5,9,11,13,22H,2,4,6-8,10,21H2,1H3. The maximum absolute atomic E-state index is 13.6. The van der Waals surface area contributed by atoms with Crippen LogP contribution in [0, 0.1) is 11.7 Å². The average molecular weight is 342 g/mol. The number of nitrogen functional groups attached to an aromatic ring is 1. The van der Waals surface area contributed by atoms with E-state index in [0.29, 0.717) is 24.7 Å². The van der Waals surface area contributed by atoms with E-state index in [1.165, 1.54) is 12.1 Å². The van der Waals surface area contributed by atoms with Gasteiger partial charge in [0, 0.05) is 23.7 Å².